The fourth-order valence-corrected chi connectivity index (χ4v) is 2.75. The first-order chi connectivity index (χ1) is 7.27. The maximum absolute atomic E-state index is 11.6. The minimum absolute atomic E-state index is 0.0600. The lowest BCUT2D eigenvalue weighted by molar-refractivity contribution is -0.127. The van der Waals surface area contributed by atoms with Crippen molar-refractivity contribution >= 4 is 21.8 Å². The molecule has 0 saturated carbocycles. The van der Waals surface area contributed by atoms with E-state index < -0.39 is 0 Å². The van der Waals surface area contributed by atoms with Gasteiger partial charge in [-0.1, -0.05) is 15.9 Å². The van der Waals surface area contributed by atoms with Gasteiger partial charge < -0.3 is 9.64 Å². The first kappa shape index (κ1) is 11.4. The maximum atomic E-state index is 11.6. The molecule has 2 heterocycles. The summed E-state index contributed by atoms with van der Waals surface area (Å²) >= 11 is 3.39. The van der Waals surface area contributed by atoms with Gasteiger partial charge in [-0.25, -0.2) is 0 Å². The molecule has 2 aliphatic heterocycles. The van der Waals surface area contributed by atoms with Crippen molar-refractivity contribution in [3.63, 3.8) is 0 Å². The lowest BCUT2D eigenvalue weighted by Gasteiger charge is -2.25. The Bertz CT molecular complexity index is 229. The highest BCUT2D eigenvalue weighted by molar-refractivity contribution is 9.10. The molecule has 4 heteroatoms. The Morgan fingerprint density at radius 3 is 2.87 bits per heavy atom. The number of hydrogen-bond acceptors (Lipinski definition) is 2. The van der Waals surface area contributed by atoms with Gasteiger partial charge in [-0.3, -0.25) is 4.79 Å². The summed E-state index contributed by atoms with van der Waals surface area (Å²) in [7, 11) is 0. The van der Waals surface area contributed by atoms with Crippen molar-refractivity contribution in [3.8, 4) is 0 Å². The third kappa shape index (κ3) is 2.94. The molecule has 0 aliphatic carbocycles. The van der Waals surface area contributed by atoms with Gasteiger partial charge in [0.15, 0.2) is 0 Å². The number of hydrogen-bond donors (Lipinski definition) is 0. The molecule has 0 N–H and O–H groups in total. The zero-order valence-corrected chi connectivity index (χ0v) is 10.5. The van der Waals surface area contributed by atoms with Gasteiger partial charge in [0, 0.05) is 19.7 Å². The van der Waals surface area contributed by atoms with Crippen LogP contribution in [0.4, 0.5) is 0 Å². The average Bonchev–Trinajstić information content (AvgIpc) is 2.59. The second kappa shape index (κ2) is 5.30. The summed E-state index contributed by atoms with van der Waals surface area (Å²) in [6.07, 6.45) is 5.98. The SMILES string of the molecule is O=C1C(Br)CCN1CCC1CCCCO1. The molecule has 0 radical (unpaired) electrons. The molecule has 0 aromatic carbocycles. The Kier molecular flexibility index (Phi) is 4.03. The quantitative estimate of drug-likeness (QED) is 0.737. The van der Waals surface area contributed by atoms with Gasteiger partial charge in [0.05, 0.1) is 10.9 Å². The molecular weight excluding hydrogens is 258 g/mol. The van der Waals surface area contributed by atoms with Crippen LogP contribution >= 0.6 is 15.9 Å². The number of alkyl halides is 1. The van der Waals surface area contributed by atoms with Gasteiger partial charge in [-0.05, 0) is 32.1 Å². The van der Waals surface area contributed by atoms with Crippen LogP contribution in [0.15, 0.2) is 0 Å². The Morgan fingerprint density at radius 1 is 1.40 bits per heavy atom. The molecule has 0 aromatic heterocycles. The van der Waals surface area contributed by atoms with E-state index in [-0.39, 0.29) is 10.7 Å². The molecule has 86 valence electrons. The molecule has 0 spiro atoms. The number of likely N-dealkylation sites (tertiary alicyclic amines) is 1. The molecule has 0 aromatic rings. The number of carbonyl (C=O) groups is 1. The highest BCUT2D eigenvalue weighted by Gasteiger charge is 2.29. The predicted octanol–water partition coefficient (Wildman–Crippen LogP) is 1.94. The van der Waals surface area contributed by atoms with Crippen LogP contribution in [0.25, 0.3) is 0 Å². The monoisotopic (exact) mass is 275 g/mol. The van der Waals surface area contributed by atoms with E-state index in [1.807, 2.05) is 4.90 Å². The van der Waals surface area contributed by atoms with E-state index in [9.17, 15) is 4.79 Å². The van der Waals surface area contributed by atoms with Crippen LogP contribution in [0.3, 0.4) is 0 Å². The Labute approximate surface area is 99.3 Å². The summed E-state index contributed by atoms with van der Waals surface area (Å²) < 4.78 is 5.65. The van der Waals surface area contributed by atoms with E-state index in [4.69, 9.17) is 4.74 Å². The zero-order valence-electron chi connectivity index (χ0n) is 8.95. The minimum Gasteiger partial charge on any atom is -0.378 e. The normalized spacial score (nSPS) is 32.3. The van der Waals surface area contributed by atoms with E-state index in [0.29, 0.717) is 6.10 Å². The smallest absolute Gasteiger partial charge is 0.236 e. The van der Waals surface area contributed by atoms with Crippen molar-refractivity contribution in [2.45, 2.75) is 43.0 Å². The van der Waals surface area contributed by atoms with Crippen molar-refractivity contribution in [2.75, 3.05) is 19.7 Å². The molecule has 2 aliphatic rings. The zero-order chi connectivity index (χ0) is 10.7. The van der Waals surface area contributed by atoms with Crippen LogP contribution in [-0.4, -0.2) is 41.4 Å². The van der Waals surface area contributed by atoms with E-state index in [1.165, 1.54) is 19.3 Å². The van der Waals surface area contributed by atoms with E-state index in [0.717, 1.165) is 32.5 Å². The average molecular weight is 276 g/mol. The summed E-state index contributed by atoms with van der Waals surface area (Å²) in [5, 5.41) is 0. The van der Waals surface area contributed by atoms with Gasteiger partial charge >= 0.3 is 0 Å². The lowest BCUT2D eigenvalue weighted by atomic mass is 10.1. The first-order valence-electron chi connectivity index (χ1n) is 5.82. The predicted molar refractivity (Wildman–Crippen MR) is 62.1 cm³/mol. The second-order valence-electron chi connectivity index (χ2n) is 4.36. The Morgan fingerprint density at radius 2 is 2.27 bits per heavy atom. The summed E-state index contributed by atoms with van der Waals surface area (Å²) in [4.78, 5) is 13.6. The van der Waals surface area contributed by atoms with Crippen LogP contribution in [0, 0.1) is 0 Å². The van der Waals surface area contributed by atoms with Crippen molar-refractivity contribution in [2.24, 2.45) is 0 Å². The molecule has 2 rings (SSSR count). The number of ether oxygens (including phenoxy) is 1. The van der Waals surface area contributed by atoms with Gasteiger partial charge in [-0.2, -0.15) is 0 Å². The van der Waals surface area contributed by atoms with Crippen LogP contribution in [0.1, 0.15) is 32.1 Å². The number of amides is 1. The second-order valence-corrected chi connectivity index (χ2v) is 5.46. The highest BCUT2D eigenvalue weighted by atomic mass is 79.9. The van der Waals surface area contributed by atoms with Crippen molar-refractivity contribution in [1.29, 1.82) is 0 Å². The molecule has 2 atom stereocenters. The van der Waals surface area contributed by atoms with Crippen LogP contribution in [0.2, 0.25) is 0 Å². The summed E-state index contributed by atoms with van der Waals surface area (Å²) in [5.41, 5.74) is 0. The third-order valence-electron chi connectivity index (χ3n) is 3.23. The topological polar surface area (TPSA) is 29.5 Å². The molecule has 3 nitrogen and oxygen atoms in total. The standard InChI is InChI=1S/C11H18BrNO2/c12-10-5-7-13(11(10)14)6-4-9-3-1-2-8-15-9/h9-10H,1-8H2. The van der Waals surface area contributed by atoms with E-state index in [2.05, 4.69) is 15.9 Å². The molecule has 0 bridgehead atoms. The van der Waals surface area contributed by atoms with Crippen LogP contribution in [0.5, 0.6) is 0 Å². The summed E-state index contributed by atoms with van der Waals surface area (Å²) in [6, 6.07) is 0. The third-order valence-corrected chi connectivity index (χ3v) is 4.08. The lowest BCUT2D eigenvalue weighted by Crippen LogP contribution is -2.32. The number of carbonyl (C=O) groups excluding carboxylic acids is 1. The molecule has 2 saturated heterocycles. The molecular formula is C11H18BrNO2. The molecule has 1 amide bonds. The van der Waals surface area contributed by atoms with Crippen molar-refractivity contribution in [3.05, 3.63) is 0 Å². The maximum Gasteiger partial charge on any atom is 0.236 e. The van der Waals surface area contributed by atoms with Crippen molar-refractivity contribution < 1.29 is 9.53 Å². The van der Waals surface area contributed by atoms with Crippen LogP contribution in [-0.2, 0) is 9.53 Å². The van der Waals surface area contributed by atoms with Gasteiger partial charge in [0.25, 0.3) is 0 Å². The minimum atomic E-state index is 0.0600. The summed E-state index contributed by atoms with van der Waals surface area (Å²) in [5.74, 6) is 0.255. The highest BCUT2D eigenvalue weighted by Crippen LogP contribution is 2.21. The van der Waals surface area contributed by atoms with E-state index in [1.54, 1.807) is 0 Å². The number of halogens is 1. The first-order valence-corrected chi connectivity index (χ1v) is 6.73. The molecule has 2 unspecified atom stereocenters. The largest absolute Gasteiger partial charge is 0.378 e. The van der Waals surface area contributed by atoms with Gasteiger partial charge in [0.1, 0.15) is 0 Å². The van der Waals surface area contributed by atoms with Crippen molar-refractivity contribution in [1.82, 2.24) is 4.90 Å². The fraction of sp³-hybridized carbons (Fsp3) is 0.909. The van der Waals surface area contributed by atoms with Crippen LogP contribution < -0.4 is 0 Å². The Balaban J connectivity index is 1.71. The number of rotatable bonds is 3. The fourth-order valence-electron chi connectivity index (χ4n) is 2.26. The molecule has 2 fully saturated rings. The Hall–Kier alpha value is -0.0900. The number of nitrogens with zero attached hydrogens (tertiary/aromatic N) is 1. The summed E-state index contributed by atoms with van der Waals surface area (Å²) in [6.45, 7) is 2.67. The van der Waals surface area contributed by atoms with Gasteiger partial charge in [0.2, 0.25) is 5.91 Å². The van der Waals surface area contributed by atoms with Gasteiger partial charge in [-0.15, -0.1) is 0 Å². The molecule has 15 heavy (non-hydrogen) atoms. The van der Waals surface area contributed by atoms with E-state index >= 15 is 0 Å².